The summed E-state index contributed by atoms with van der Waals surface area (Å²) in [6.45, 7) is -0.287. The molecule has 128 valence electrons. The van der Waals surface area contributed by atoms with E-state index in [9.17, 15) is 14.0 Å². The zero-order valence-electron chi connectivity index (χ0n) is 13.5. The van der Waals surface area contributed by atoms with E-state index in [1.807, 2.05) is 6.07 Å². The summed E-state index contributed by atoms with van der Waals surface area (Å²) in [6, 6.07) is 16.9. The van der Waals surface area contributed by atoms with Gasteiger partial charge in [-0.15, -0.1) is 0 Å². The van der Waals surface area contributed by atoms with Gasteiger partial charge in [-0.05, 0) is 48.5 Å². The molecule has 2 aromatic carbocycles. The summed E-state index contributed by atoms with van der Waals surface area (Å²) >= 11 is 0. The summed E-state index contributed by atoms with van der Waals surface area (Å²) in [5.74, 6) is -0.827. The highest BCUT2D eigenvalue weighted by molar-refractivity contribution is 5.90. The number of halogens is 1. The number of nitriles is 1. The standard InChI is InChI=1S/C19H13FN4O2/c20-15-6-4-14(5-7-15)17-8-9-19(26)24(23-17)12-18(25)22-16-3-1-2-13(10-16)11-21/h1-10H,12H2,(H,22,25). The molecule has 0 unspecified atom stereocenters. The van der Waals surface area contributed by atoms with Crippen LogP contribution in [0.1, 0.15) is 5.56 Å². The molecule has 0 aliphatic rings. The van der Waals surface area contributed by atoms with Gasteiger partial charge in [-0.25, -0.2) is 9.07 Å². The maximum atomic E-state index is 13.0. The Morgan fingerprint density at radius 2 is 1.92 bits per heavy atom. The van der Waals surface area contributed by atoms with E-state index >= 15 is 0 Å². The van der Waals surface area contributed by atoms with Crippen molar-refractivity contribution in [2.24, 2.45) is 0 Å². The quantitative estimate of drug-likeness (QED) is 0.785. The number of aromatic nitrogens is 2. The number of amides is 1. The number of nitrogens with one attached hydrogen (secondary N) is 1. The Bertz CT molecular complexity index is 1050. The largest absolute Gasteiger partial charge is 0.324 e. The van der Waals surface area contributed by atoms with Gasteiger partial charge in [0.15, 0.2) is 0 Å². The molecule has 0 spiro atoms. The summed E-state index contributed by atoms with van der Waals surface area (Å²) in [5, 5.41) is 15.7. The molecule has 0 bridgehead atoms. The molecule has 0 saturated carbocycles. The van der Waals surface area contributed by atoms with E-state index in [1.165, 1.54) is 30.3 Å². The van der Waals surface area contributed by atoms with Gasteiger partial charge < -0.3 is 5.32 Å². The van der Waals surface area contributed by atoms with Crippen LogP contribution >= 0.6 is 0 Å². The van der Waals surface area contributed by atoms with Gasteiger partial charge in [-0.3, -0.25) is 9.59 Å². The lowest BCUT2D eigenvalue weighted by atomic mass is 10.1. The smallest absolute Gasteiger partial charge is 0.267 e. The fourth-order valence-corrected chi connectivity index (χ4v) is 2.34. The highest BCUT2D eigenvalue weighted by atomic mass is 19.1. The minimum Gasteiger partial charge on any atom is -0.324 e. The highest BCUT2D eigenvalue weighted by Crippen LogP contribution is 2.15. The zero-order valence-corrected chi connectivity index (χ0v) is 13.5. The van der Waals surface area contributed by atoms with Gasteiger partial charge in [0.1, 0.15) is 12.4 Å². The molecule has 0 aliphatic heterocycles. The van der Waals surface area contributed by atoms with Crippen LogP contribution in [0, 0.1) is 17.1 Å². The summed E-state index contributed by atoms with van der Waals surface area (Å²) in [5.41, 5.74) is 1.51. The van der Waals surface area contributed by atoms with Crippen molar-refractivity contribution in [2.75, 3.05) is 5.32 Å². The first kappa shape index (κ1) is 17.0. The topological polar surface area (TPSA) is 87.8 Å². The molecule has 26 heavy (non-hydrogen) atoms. The Hall–Kier alpha value is -3.79. The molecule has 0 radical (unpaired) electrons. The van der Waals surface area contributed by atoms with E-state index in [0.29, 0.717) is 22.5 Å². The van der Waals surface area contributed by atoms with Gasteiger partial charge >= 0.3 is 0 Å². The normalized spacial score (nSPS) is 10.2. The molecule has 3 aromatic rings. The average molecular weight is 348 g/mol. The Morgan fingerprint density at radius 3 is 2.65 bits per heavy atom. The van der Waals surface area contributed by atoms with Crippen LogP contribution in [-0.4, -0.2) is 15.7 Å². The first-order valence-corrected chi connectivity index (χ1v) is 7.69. The summed E-state index contributed by atoms with van der Waals surface area (Å²) < 4.78 is 14.1. The third-order valence-corrected chi connectivity index (χ3v) is 3.58. The lowest BCUT2D eigenvalue weighted by Crippen LogP contribution is -2.29. The van der Waals surface area contributed by atoms with Crippen LogP contribution in [0.4, 0.5) is 10.1 Å². The molecule has 0 fully saturated rings. The Kier molecular flexibility index (Phi) is 4.85. The second kappa shape index (κ2) is 7.40. The molecular weight excluding hydrogens is 335 g/mol. The number of hydrogen-bond donors (Lipinski definition) is 1. The SMILES string of the molecule is N#Cc1cccc(NC(=O)Cn2nc(-c3ccc(F)cc3)ccc2=O)c1. The maximum absolute atomic E-state index is 13.0. The Morgan fingerprint density at radius 1 is 1.15 bits per heavy atom. The lowest BCUT2D eigenvalue weighted by molar-refractivity contribution is -0.117. The fraction of sp³-hybridized carbons (Fsp3) is 0.0526. The van der Waals surface area contributed by atoms with Gasteiger partial charge in [0.25, 0.3) is 5.56 Å². The van der Waals surface area contributed by atoms with E-state index in [4.69, 9.17) is 5.26 Å². The molecule has 0 aliphatic carbocycles. The van der Waals surface area contributed by atoms with Crippen LogP contribution in [0.2, 0.25) is 0 Å². The molecule has 1 aromatic heterocycles. The van der Waals surface area contributed by atoms with Crippen LogP contribution in [0.25, 0.3) is 11.3 Å². The van der Waals surface area contributed by atoms with Crippen molar-refractivity contribution < 1.29 is 9.18 Å². The predicted molar refractivity (Wildman–Crippen MR) is 93.7 cm³/mol. The maximum Gasteiger partial charge on any atom is 0.267 e. The molecule has 0 atom stereocenters. The third kappa shape index (κ3) is 3.99. The minimum atomic E-state index is -0.453. The zero-order chi connectivity index (χ0) is 18.5. The van der Waals surface area contributed by atoms with Crippen LogP contribution < -0.4 is 10.9 Å². The molecule has 7 heteroatoms. The number of hydrogen-bond acceptors (Lipinski definition) is 4. The summed E-state index contributed by atoms with van der Waals surface area (Å²) in [7, 11) is 0. The first-order chi connectivity index (χ1) is 12.5. The van der Waals surface area contributed by atoms with E-state index in [0.717, 1.165) is 4.68 Å². The van der Waals surface area contributed by atoms with Crippen LogP contribution in [0.15, 0.2) is 65.5 Å². The Labute approximate surface area is 148 Å². The number of benzene rings is 2. The van der Waals surface area contributed by atoms with Gasteiger partial charge in [-0.2, -0.15) is 10.4 Å². The highest BCUT2D eigenvalue weighted by Gasteiger charge is 2.09. The van der Waals surface area contributed by atoms with Crippen molar-refractivity contribution in [2.45, 2.75) is 6.54 Å². The van der Waals surface area contributed by atoms with Crippen LogP contribution in [0.3, 0.4) is 0 Å². The molecule has 1 N–H and O–H groups in total. The number of carbonyl (C=O) groups excluding carboxylic acids is 1. The van der Waals surface area contributed by atoms with Gasteiger partial charge in [0.05, 0.1) is 17.3 Å². The van der Waals surface area contributed by atoms with Gasteiger partial charge in [0.2, 0.25) is 5.91 Å². The van der Waals surface area contributed by atoms with Gasteiger partial charge in [-0.1, -0.05) is 6.07 Å². The van der Waals surface area contributed by atoms with Crippen molar-refractivity contribution in [1.29, 1.82) is 5.26 Å². The van der Waals surface area contributed by atoms with Crippen molar-refractivity contribution in [1.82, 2.24) is 9.78 Å². The second-order valence-corrected chi connectivity index (χ2v) is 5.46. The van der Waals surface area contributed by atoms with Crippen LogP contribution in [-0.2, 0) is 11.3 Å². The average Bonchev–Trinajstić information content (AvgIpc) is 2.64. The predicted octanol–water partition coefficient (Wildman–Crippen LogP) is 2.56. The van der Waals surface area contributed by atoms with Gasteiger partial charge in [0, 0.05) is 17.3 Å². The molecule has 1 heterocycles. The number of nitrogens with zero attached hydrogens (tertiary/aromatic N) is 3. The molecule has 3 rings (SSSR count). The monoisotopic (exact) mass is 348 g/mol. The number of carbonyl (C=O) groups is 1. The second-order valence-electron chi connectivity index (χ2n) is 5.46. The third-order valence-electron chi connectivity index (χ3n) is 3.58. The first-order valence-electron chi connectivity index (χ1n) is 7.69. The van der Waals surface area contributed by atoms with Crippen molar-refractivity contribution >= 4 is 11.6 Å². The minimum absolute atomic E-state index is 0.287. The van der Waals surface area contributed by atoms with E-state index in [-0.39, 0.29) is 12.4 Å². The number of rotatable bonds is 4. The fourth-order valence-electron chi connectivity index (χ4n) is 2.34. The summed E-state index contributed by atoms with van der Waals surface area (Å²) in [4.78, 5) is 24.1. The van der Waals surface area contributed by atoms with E-state index in [1.54, 1.807) is 30.3 Å². The lowest BCUT2D eigenvalue weighted by Gasteiger charge is -2.08. The van der Waals surface area contributed by atoms with E-state index < -0.39 is 11.5 Å². The molecule has 6 nitrogen and oxygen atoms in total. The Balaban J connectivity index is 1.79. The van der Waals surface area contributed by atoms with Crippen molar-refractivity contribution in [3.05, 3.63) is 82.4 Å². The van der Waals surface area contributed by atoms with Crippen molar-refractivity contribution in [3.8, 4) is 17.3 Å². The van der Waals surface area contributed by atoms with Crippen molar-refractivity contribution in [3.63, 3.8) is 0 Å². The summed E-state index contributed by atoms with van der Waals surface area (Å²) in [6.07, 6.45) is 0. The van der Waals surface area contributed by atoms with E-state index in [2.05, 4.69) is 10.4 Å². The molecule has 0 saturated heterocycles. The number of anilines is 1. The molecular formula is C19H13FN4O2. The molecule has 1 amide bonds. The van der Waals surface area contributed by atoms with Crippen LogP contribution in [0.5, 0.6) is 0 Å².